The van der Waals surface area contributed by atoms with Gasteiger partial charge in [-0.1, -0.05) is 17.7 Å². The van der Waals surface area contributed by atoms with Gasteiger partial charge in [0.1, 0.15) is 15.9 Å². The highest BCUT2D eigenvalue weighted by Gasteiger charge is 2.20. The number of halogens is 2. The molecule has 19 heavy (non-hydrogen) atoms. The summed E-state index contributed by atoms with van der Waals surface area (Å²) in [5, 5.41) is -0.0941. The largest absolute Gasteiger partial charge is 0.266 e. The molecule has 0 aliphatic carbocycles. The van der Waals surface area contributed by atoms with Crippen LogP contribution in [0.25, 0.3) is 0 Å². The van der Waals surface area contributed by atoms with E-state index in [1.54, 1.807) is 25.1 Å². The molecule has 0 amide bonds. The minimum absolute atomic E-state index is 0.0941. The van der Waals surface area contributed by atoms with Crippen LogP contribution in [0.1, 0.15) is 5.69 Å². The van der Waals surface area contributed by atoms with Crippen molar-refractivity contribution < 1.29 is 8.42 Å². The number of nitrogens with one attached hydrogen (secondary N) is 1. The molecule has 2 heterocycles. The molecule has 0 radical (unpaired) electrons. The van der Waals surface area contributed by atoms with Gasteiger partial charge in [-0.2, -0.15) is 0 Å². The summed E-state index contributed by atoms with van der Waals surface area (Å²) < 4.78 is 27.3. The zero-order chi connectivity index (χ0) is 14.0. The summed E-state index contributed by atoms with van der Waals surface area (Å²) in [4.78, 5) is 7.75. The molecule has 100 valence electrons. The van der Waals surface area contributed by atoms with Crippen molar-refractivity contribution in [1.29, 1.82) is 0 Å². The molecule has 1 N–H and O–H groups in total. The molecule has 0 fully saturated rings. The van der Waals surface area contributed by atoms with E-state index in [-0.39, 0.29) is 15.9 Å². The van der Waals surface area contributed by atoms with Gasteiger partial charge in [0.25, 0.3) is 10.0 Å². The van der Waals surface area contributed by atoms with Gasteiger partial charge in [-0.3, -0.25) is 4.72 Å². The lowest BCUT2D eigenvalue weighted by Gasteiger charge is -2.09. The summed E-state index contributed by atoms with van der Waals surface area (Å²) in [7, 11) is -3.82. The van der Waals surface area contributed by atoms with Crippen LogP contribution in [0.2, 0.25) is 5.15 Å². The first-order valence-electron chi connectivity index (χ1n) is 5.16. The van der Waals surface area contributed by atoms with Crippen molar-refractivity contribution in [2.75, 3.05) is 4.72 Å². The minimum Gasteiger partial charge on any atom is -0.263 e. The molecule has 0 saturated carbocycles. The maximum absolute atomic E-state index is 12.2. The Labute approximate surface area is 124 Å². The van der Waals surface area contributed by atoms with Crippen molar-refractivity contribution in [3.05, 3.63) is 45.8 Å². The normalized spacial score (nSPS) is 11.3. The summed E-state index contributed by atoms with van der Waals surface area (Å²) in [5.41, 5.74) is 0.707. The Morgan fingerprint density at radius 3 is 2.79 bits per heavy atom. The SMILES string of the molecule is Cc1cccc(NS(=O)(=O)c2cc(Br)cnc2Cl)n1. The number of nitrogens with zero attached hydrogens (tertiary/aromatic N) is 2. The lowest BCUT2D eigenvalue weighted by Crippen LogP contribution is -2.15. The van der Waals surface area contributed by atoms with Crippen LogP contribution in [-0.2, 0) is 10.0 Å². The van der Waals surface area contributed by atoms with Crippen molar-refractivity contribution >= 4 is 43.4 Å². The lowest BCUT2D eigenvalue weighted by molar-refractivity contribution is 0.600. The molecular formula is C11H9BrClN3O2S. The van der Waals surface area contributed by atoms with E-state index in [2.05, 4.69) is 30.6 Å². The number of rotatable bonds is 3. The molecule has 0 unspecified atom stereocenters. The Balaban J connectivity index is 2.40. The number of aromatic nitrogens is 2. The Bertz CT molecular complexity index is 722. The average molecular weight is 363 g/mol. The van der Waals surface area contributed by atoms with E-state index in [1.807, 2.05) is 0 Å². The van der Waals surface area contributed by atoms with Gasteiger partial charge in [0.05, 0.1) is 0 Å². The van der Waals surface area contributed by atoms with E-state index in [0.29, 0.717) is 10.2 Å². The van der Waals surface area contributed by atoms with Gasteiger partial charge in [-0.15, -0.1) is 0 Å². The number of hydrogen-bond donors (Lipinski definition) is 1. The first-order chi connectivity index (χ1) is 8.88. The maximum Gasteiger partial charge on any atom is 0.266 e. The third kappa shape index (κ3) is 3.43. The predicted octanol–water partition coefficient (Wildman–Crippen LogP) is 3.00. The lowest BCUT2D eigenvalue weighted by atomic mass is 10.4. The highest BCUT2D eigenvalue weighted by Crippen LogP contribution is 2.24. The summed E-state index contributed by atoms with van der Waals surface area (Å²) in [5.74, 6) is 0.232. The van der Waals surface area contributed by atoms with Crippen molar-refractivity contribution in [1.82, 2.24) is 9.97 Å². The van der Waals surface area contributed by atoms with E-state index in [1.165, 1.54) is 12.3 Å². The zero-order valence-electron chi connectivity index (χ0n) is 9.76. The van der Waals surface area contributed by atoms with Crippen LogP contribution in [0.5, 0.6) is 0 Å². The maximum atomic E-state index is 12.2. The quantitative estimate of drug-likeness (QED) is 0.852. The molecule has 0 saturated heterocycles. The van der Waals surface area contributed by atoms with Crippen molar-refractivity contribution in [2.24, 2.45) is 0 Å². The van der Waals surface area contributed by atoms with Crippen LogP contribution >= 0.6 is 27.5 Å². The fraction of sp³-hybridized carbons (Fsp3) is 0.0909. The fourth-order valence-electron chi connectivity index (χ4n) is 1.38. The molecule has 0 bridgehead atoms. The molecule has 2 rings (SSSR count). The molecule has 5 nitrogen and oxygen atoms in total. The van der Waals surface area contributed by atoms with Crippen LogP contribution in [0, 0.1) is 6.92 Å². The van der Waals surface area contributed by atoms with E-state index < -0.39 is 10.0 Å². The monoisotopic (exact) mass is 361 g/mol. The summed E-state index contributed by atoms with van der Waals surface area (Å²) in [6.07, 6.45) is 1.42. The van der Waals surface area contributed by atoms with Gasteiger partial charge in [-0.25, -0.2) is 18.4 Å². The zero-order valence-corrected chi connectivity index (χ0v) is 12.9. The second-order valence-electron chi connectivity index (χ2n) is 3.71. The van der Waals surface area contributed by atoms with Crippen LogP contribution in [0.4, 0.5) is 5.82 Å². The number of aryl methyl sites for hydroxylation is 1. The minimum atomic E-state index is -3.82. The van der Waals surface area contributed by atoms with Gasteiger partial charge in [0, 0.05) is 16.4 Å². The molecule has 2 aromatic heterocycles. The number of pyridine rings is 2. The Kier molecular flexibility index (Phi) is 4.07. The van der Waals surface area contributed by atoms with Crippen molar-refractivity contribution in [3.8, 4) is 0 Å². The highest BCUT2D eigenvalue weighted by molar-refractivity contribution is 9.10. The van der Waals surface area contributed by atoms with E-state index in [0.717, 1.165) is 0 Å². The summed E-state index contributed by atoms with van der Waals surface area (Å²) >= 11 is 8.96. The molecule has 0 spiro atoms. The third-order valence-electron chi connectivity index (χ3n) is 2.19. The molecule has 0 aliphatic rings. The average Bonchev–Trinajstić information content (AvgIpc) is 2.31. The fourth-order valence-corrected chi connectivity index (χ4v) is 3.33. The van der Waals surface area contributed by atoms with E-state index >= 15 is 0 Å². The standard InChI is InChI=1S/C11H9BrClN3O2S/c1-7-3-2-4-10(15-7)16-19(17,18)9-5-8(12)6-14-11(9)13/h2-6H,1H3,(H,15,16). The van der Waals surface area contributed by atoms with Gasteiger partial charge < -0.3 is 0 Å². The van der Waals surface area contributed by atoms with Gasteiger partial charge >= 0.3 is 0 Å². The topological polar surface area (TPSA) is 72.0 Å². The third-order valence-corrected chi connectivity index (χ3v) is 4.41. The van der Waals surface area contributed by atoms with Crippen LogP contribution < -0.4 is 4.72 Å². The summed E-state index contributed by atoms with van der Waals surface area (Å²) in [6, 6.07) is 6.42. The predicted molar refractivity (Wildman–Crippen MR) is 76.7 cm³/mol. The summed E-state index contributed by atoms with van der Waals surface area (Å²) in [6.45, 7) is 1.77. The number of hydrogen-bond acceptors (Lipinski definition) is 4. The van der Waals surface area contributed by atoms with Crippen LogP contribution in [0.15, 0.2) is 39.8 Å². The van der Waals surface area contributed by atoms with E-state index in [9.17, 15) is 8.42 Å². The van der Waals surface area contributed by atoms with Gasteiger partial charge in [0.2, 0.25) is 0 Å². The van der Waals surface area contributed by atoms with Crippen LogP contribution in [0.3, 0.4) is 0 Å². The molecule has 0 aliphatic heterocycles. The van der Waals surface area contributed by atoms with Gasteiger partial charge in [0.15, 0.2) is 0 Å². The van der Waals surface area contributed by atoms with E-state index in [4.69, 9.17) is 11.6 Å². The smallest absolute Gasteiger partial charge is 0.263 e. The van der Waals surface area contributed by atoms with Gasteiger partial charge in [-0.05, 0) is 41.1 Å². The second-order valence-corrected chi connectivity index (χ2v) is 6.64. The molecule has 0 atom stereocenters. The molecular weight excluding hydrogens is 354 g/mol. The van der Waals surface area contributed by atoms with Crippen LogP contribution in [-0.4, -0.2) is 18.4 Å². The first-order valence-corrected chi connectivity index (χ1v) is 7.81. The Morgan fingerprint density at radius 1 is 1.37 bits per heavy atom. The molecule has 2 aromatic rings. The Hall–Kier alpha value is -1.18. The second kappa shape index (κ2) is 5.44. The number of sulfonamides is 1. The first kappa shape index (κ1) is 14.2. The Morgan fingerprint density at radius 2 is 2.11 bits per heavy atom. The molecule has 8 heteroatoms. The molecule has 0 aromatic carbocycles. The van der Waals surface area contributed by atoms with Crippen molar-refractivity contribution in [3.63, 3.8) is 0 Å². The number of anilines is 1. The highest BCUT2D eigenvalue weighted by atomic mass is 79.9. The van der Waals surface area contributed by atoms with Crippen molar-refractivity contribution in [2.45, 2.75) is 11.8 Å².